The first-order valence-electron chi connectivity index (χ1n) is 5.34. The Kier molecular flexibility index (Phi) is 4.06. The van der Waals surface area contributed by atoms with Gasteiger partial charge in [0.25, 0.3) is 0 Å². The molecule has 0 amide bonds. The van der Waals surface area contributed by atoms with Crippen LogP contribution in [0.1, 0.15) is 19.7 Å². The van der Waals surface area contributed by atoms with Gasteiger partial charge in [-0.2, -0.15) is 0 Å². The molecule has 1 rings (SSSR count). The Bertz CT molecular complexity index is 362. The van der Waals surface area contributed by atoms with Crippen molar-refractivity contribution in [2.45, 2.75) is 32.9 Å². The molecule has 0 bridgehead atoms. The van der Waals surface area contributed by atoms with Gasteiger partial charge in [0, 0.05) is 12.4 Å². The number of imidazole rings is 1. The summed E-state index contributed by atoms with van der Waals surface area (Å²) < 4.78 is 6.75. The summed E-state index contributed by atoms with van der Waals surface area (Å²) in [6.07, 6.45) is 3.58. The SMILES string of the molecule is CCNC(C)(Cn1ccnc1C)C(=O)OC. The van der Waals surface area contributed by atoms with E-state index in [0.29, 0.717) is 13.1 Å². The van der Waals surface area contributed by atoms with E-state index in [9.17, 15) is 4.79 Å². The maximum atomic E-state index is 11.7. The molecular formula is C11H19N3O2. The molecule has 0 aliphatic heterocycles. The summed E-state index contributed by atoms with van der Waals surface area (Å²) in [4.78, 5) is 15.9. The van der Waals surface area contributed by atoms with Gasteiger partial charge >= 0.3 is 5.97 Å². The third kappa shape index (κ3) is 2.61. The average molecular weight is 225 g/mol. The fourth-order valence-corrected chi connectivity index (χ4v) is 1.72. The molecule has 0 fully saturated rings. The van der Waals surface area contributed by atoms with Crippen LogP contribution in [0.2, 0.25) is 0 Å². The quantitative estimate of drug-likeness (QED) is 0.751. The van der Waals surface area contributed by atoms with Crippen molar-refractivity contribution < 1.29 is 9.53 Å². The third-order valence-electron chi connectivity index (χ3n) is 2.61. The molecule has 16 heavy (non-hydrogen) atoms. The zero-order valence-electron chi connectivity index (χ0n) is 10.3. The van der Waals surface area contributed by atoms with E-state index < -0.39 is 5.54 Å². The number of aryl methyl sites for hydroxylation is 1. The lowest BCUT2D eigenvalue weighted by Gasteiger charge is -2.28. The lowest BCUT2D eigenvalue weighted by molar-refractivity contribution is -0.148. The Morgan fingerprint density at radius 3 is 2.81 bits per heavy atom. The van der Waals surface area contributed by atoms with Crippen molar-refractivity contribution in [3.8, 4) is 0 Å². The van der Waals surface area contributed by atoms with Crippen molar-refractivity contribution in [3.63, 3.8) is 0 Å². The van der Waals surface area contributed by atoms with E-state index in [-0.39, 0.29) is 5.97 Å². The van der Waals surface area contributed by atoms with Crippen LogP contribution in [0, 0.1) is 6.92 Å². The van der Waals surface area contributed by atoms with E-state index in [4.69, 9.17) is 4.74 Å². The Morgan fingerprint density at radius 2 is 2.38 bits per heavy atom. The maximum absolute atomic E-state index is 11.7. The zero-order valence-corrected chi connectivity index (χ0v) is 10.3. The second-order valence-corrected chi connectivity index (χ2v) is 3.96. The number of rotatable bonds is 5. The van der Waals surface area contributed by atoms with Gasteiger partial charge in [0.05, 0.1) is 13.7 Å². The summed E-state index contributed by atoms with van der Waals surface area (Å²) >= 11 is 0. The zero-order chi connectivity index (χ0) is 12.2. The number of nitrogens with zero attached hydrogens (tertiary/aromatic N) is 2. The van der Waals surface area contributed by atoms with Gasteiger partial charge in [-0.3, -0.25) is 0 Å². The minimum atomic E-state index is -0.713. The molecule has 1 atom stereocenters. The summed E-state index contributed by atoms with van der Waals surface area (Å²) in [6.45, 7) is 6.92. The summed E-state index contributed by atoms with van der Waals surface area (Å²) in [7, 11) is 1.40. The second-order valence-electron chi connectivity index (χ2n) is 3.96. The molecule has 0 saturated heterocycles. The molecule has 0 aliphatic carbocycles. The van der Waals surface area contributed by atoms with Gasteiger partial charge in [-0.05, 0) is 20.4 Å². The first-order valence-corrected chi connectivity index (χ1v) is 5.34. The molecule has 1 N–H and O–H groups in total. The molecular weight excluding hydrogens is 206 g/mol. The highest BCUT2D eigenvalue weighted by Gasteiger charge is 2.34. The van der Waals surface area contributed by atoms with Crippen LogP contribution in [-0.2, 0) is 16.1 Å². The number of hydrogen-bond acceptors (Lipinski definition) is 4. The van der Waals surface area contributed by atoms with E-state index in [1.165, 1.54) is 7.11 Å². The van der Waals surface area contributed by atoms with Gasteiger partial charge in [-0.25, -0.2) is 9.78 Å². The number of carbonyl (C=O) groups is 1. The van der Waals surface area contributed by atoms with Gasteiger partial charge in [0.1, 0.15) is 11.4 Å². The number of esters is 1. The first-order chi connectivity index (χ1) is 7.53. The van der Waals surface area contributed by atoms with Gasteiger partial charge in [0.2, 0.25) is 0 Å². The minimum absolute atomic E-state index is 0.262. The molecule has 0 spiro atoms. The number of carbonyl (C=O) groups excluding carboxylic acids is 1. The minimum Gasteiger partial charge on any atom is -0.468 e. The van der Waals surface area contributed by atoms with E-state index in [1.54, 1.807) is 6.20 Å². The van der Waals surface area contributed by atoms with Crippen molar-refractivity contribution in [2.24, 2.45) is 0 Å². The van der Waals surface area contributed by atoms with Crippen LogP contribution >= 0.6 is 0 Å². The van der Waals surface area contributed by atoms with Crippen molar-refractivity contribution in [1.82, 2.24) is 14.9 Å². The van der Waals surface area contributed by atoms with Crippen LogP contribution in [-0.4, -0.2) is 34.7 Å². The topological polar surface area (TPSA) is 56.2 Å². The molecule has 0 aliphatic rings. The largest absolute Gasteiger partial charge is 0.468 e. The molecule has 1 unspecified atom stereocenters. The standard InChI is InChI=1S/C11H19N3O2/c1-5-13-11(3,10(15)16-4)8-14-7-6-12-9(14)2/h6-7,13H,5,8H2,1-4H3. The number of likely N-dealkylation sites (N-methyl/N-ethyl adjacent to an activating group) is 1. The Hall–Kier alpha value is -1.36. The molecule has 1 aromatic heterocycles. The van der Waals surface area contributed by atoms with Gasteiger partial charge < -0.3 is 14.6 Å². The molecule has 0 aromatic carbocycles. The van der Waals surface area contributed by atoms with E-state index in [1.807, 2.05) is 31.5 Å². The van der Waals surface area contributed by atoms with Crippen LogP contribution in [0.4, 0.5) is 0 Å². The van der Waals surface area contributed by atoms with Gasteiger partial charge in [0.15, 0.2) is 0 Å². The van der Waals surface area contributed by atoms with Crippen molar-refractivity contribution in [3.05, 3.63) is 18.2 Å². The normalized spacial score (nSPS) is 14.5. The van der Waals surface area contributed by atoms with Crippen molar-refractivity contribution >= 4 is 5.97 Å². The smallest absolute Gasteiger partial charge is 0.327 e. The molecule has 1 heterocycles. The van der Waals surface area contributed by atoms with E-state index >= 15 is 0 Å². The Balaban J connectivity index is 2.87. The van der Waals surface area contributed by atoms with Crippen molar-refractivity contribution in [2.75, 3.05) is 13.7 Å². The van der Waals surface area contributed by atoms with E-state index in [0.717, 1.165) is 5.82 Å². The van der Waals surface area contributed by atoms with Crippen LogP contribution in [0.15, 0.2) is 12.4 Å². The maximum Gasteiger partial charge on any atom is 0.327 e. The Labute approximate surface area is 95.8 Å². The van der Waals surface area contributed by atoms with Crippen molar-refractivity contribution in [1.29, 1.82) is 0 Å². The highest BCUT2D eigenvalue weighted by molar-refractivity contribution is 5.80. The number of aromatic nitrogens is 2. The molecule has 5 heteroatoms. The first kappa shape index (κ1) is 12.7. The number of nitrogens with one attached hydrogen (secondary N) is 1. The lowest BCUT2D eigenvalue weighted by Crippen LogP contribution is -2.53. The predicted molar refractivity (Wildman–Crippen MR) is 61.1 cm³/mol. The Morgan fingerprint density at radius 1 is 1.69 bits per heavy atom. The van der Waals surface area contributed by atoms with Crippen LogP contribution in [0.25, 0.3) is 0 Å². The van der Waals surface area contributed by atoms with Crippen LogP contribution < -0.4 is 5.32 Å². The third-order valence-corrected chi connectivity index (χ3v) is 2.61. The summed E-state index contributed by atoms with van der Waals surface area (Å²) in [5.41, 5.74) is -0.713. The molecule has 90 valence electrons. The predicted octanol–water partition coefficient (Wildman–Crippen LogP) is 0.733. The van der Waals surface area contributed by atoms with Crippen LogP contribution in [0.3, 0.4) is 0 Å². The fraction of sp³-hybridized carbons (Fsp3) is 0.636. The number of methoxy groups -OCH3 is 1. The van der Waals surface area contributed by atoms with E-state index in [2.05, 4.69) is 10.3 Å². The highest BCUT2D eigenvalue weighted by atomic mass is 16.5. The number of hydrogen-bond donors (Lipinski definition) is 1. The summed E-state index contributed by atoms with van der Waals surface area (Å²) in [5, 5.41) is 3.15. The molecule has 0 saturated carbocycles. The molecule has 1 aromatic rings. The van der Waals surface area contributed by atoms with Crippen LogP contribution in [0.5, 0.6) is 0 Å². The fourth-order valence-electron chi connectivity index (χ4n) is 1.72. The lowest BCUT2D eigenvalue weighted by atomic mass is 10.0. The number of ether oxygens (including phenoxy) is 1. The van der Waals surface area contributed by atoms with Gasteiger partial charge in [-0.15, -0.1) is 0 Å². The summed E-state index contributed by atoms with van der Waals surface area (Å²) in [5.74, 6) is 0.621. The average Bonchev–Trinajstić information content (AvgIpc) is 2.63. The second kappa shape index (κ2) is 5.12. The van der Waals surface area contributed by atoms with Gasteiger partial charge in [-0.1, -0.05) is 6.92 Å². The summed E-state index contributed by atoms with van der Waals surface area (Å²) in [6, 6.07) is 0. The highest BCUT2D eigenvalue weighted by Crippen LogP contribution is 2.11. The molecule has 5 nitrogen and oxygen atoms in total. The molecule has 0 radical (unpaired) electrons. The monoisotopic (exact) mass is 225 g/mol.